The minimum absolute atomic E-state index is 0.0324. The zero-order valence-corrected chi connectivity index (χ0v) is 12.7. The minimum atomic E-state index is -1.07. The number of hydrogen-bond acceptors (Lipinski definition) is 5. The summed E-state index contributed by atoms with van der Waals surface area (Å²) in [6, 6.07) is 0. The van der Waals surface area contributed by atoms with Crippen LogP contribution in [0.3, 0.4) is 0 Å². The van der Waals surface area contributed by atoms with Gasteiger partial charge in [0, 0.05) is 24.9 Å². The summed E-state index contributed by atoms with van der Waals surface area (Å²) >= 11 is 0. The van der Waals surface area contributed by atoms with Gasteiger partial charge >= 0.3 is 5.97 Å². The maximum atomic E-state index is 11.4. The summed E-state index contributed by atoms with van der Waals surface area (Å²) in [5, 5.41) is 9.32. The highest BCUT2D eigenvalue weighted by Crippen LogP contribution is 2.26. The smallest absolute Gasteiger partial charge is 0.342 e. The van der Waals surface area contributed by atoms with Crippen molar-refractivity contribution in [3.05, 3.63) is 23.7 Å². The summed E-state index contributed by atoms with van der Waals surface area (Å²) in [5.74, 6) is -0.284. The largest absolute Gasteiger partial charge is 0.477 e. The van der Waals surface area contributed by atoms with Gasteiger partial charge in [-0.15, -0.1) is 0 Å². The van der Waals surface area contributed by atoms with Crippen LogP contribution in [0.4, 0.5) is 0 Å². The van der Waals surface area contributed by atoms with E-state index in [-0.39, 0.29) is 23.5 Å². The maximum Gasteiger partial charge on any atom is 0.342 e. The molecule has 3 rings (SSSR count). The van der Waals surface area contributed by atoms with Gasteiger partial charge in [-0.2, -0.15) is 4.98 Å². The van der Waals surface area contributed by atoms with Crippen LogP contribution in [0.5, 0.6) is 5.88 Å². The van der Waals surface area contributed by atoms with E-state index in [1.807, 2.05) is 20.0 Å². The number of imidazole rings is 1. The number of carboxylic acids is 1. The third-order valence-electron chi connectivity index (χ3n) is 3.59. The Kier molecular flexibility index (Phi) is 3.98. The highest BCUT2D eigenvalue weighted by atomic mass is 16.5. The summed E-state index contributed by atoms with van der Waals surface area (Å²) < 4.78 is 12.6. The van der Waals surface area contributed by atoms with E-state index in [1.54, 1.807) is 4.40 Å². The van der Waals surface area contributed by atoms with Crippen molar-refractivity contribution in [3.63, 3.8) is 0 Å². The lowest BCUT2D eigenvalue weighted by Gasteiger charge is -2.19. The number of aromatic carboxylic acids is 1. The SMILES string of the molecule is CC(C)Oc1nc2nc([C@H]3CCCOC3)cn2cc1C(=O)O. The third-order valence-corrected chi connectivity index (χ3v) is 3.59. The lowest BCUT2D eigenvalue weighted by Crippen LogP contribution is -2.15. The zero-order valence-electron chi connectivity index (χ0n) is 12.7. The van der Waals surface area contributed by atoms with Crippen molar-refractivity contribution in [1.29, 1.82) is 0 Å². The van der Waals surface area contributed by atoms with Crippen molar-refractivity contribution in [1.82, 2.24) is 14.4 Å². The van der Waals surface area contributed by atoms with Gasteiger partial charge in [-0.25, -0.2) is 9.78 Å². The van der Waals surface area contributed by atoms with Crippen LogP contribution in [-0.4, -0.2) is 44.8 Å². The van der Waals surface area contributed by atoms with Crippen LogP contribution in [-0.2, 0) is 4.74 Å². The topological polar surface area (TPSA) is 86.0 Å². The highest BCUT2D eigenvalue weighted by molar-refractivity contribution is 5.90. The predicted octanol–water partition coefficient (Wildman–Crippen LogP) is 2.11. The predicted molar refractivity (Wildman–Crippen MR) is 78.5 cm³/mol. The number of ether oxygens (including phenoxy) is 2. The molecule has 3 heterocycles. The lowest BCUT2D eigenvalue weighted by atomic mass is 9.99. The van der Waals surface area contributed by atoms with Crippen LogP contribution in [0, 0.1) is 0 Å². The molecule has 1 fully saturated rings. The van der Waals surface area contributed by atoms with Gasteiger partial charge in [-0.05, 0) is 26.7 Å². The number of nitrogens with zero attached hydrogens (tertiary/aromatic N) is 3. The lowest BCUT2D eigenvalue weighted by molar-refractivity contribution is 0.0688. The van der Waals surface area contributed by atoms with E-state index in [9.17, 15) is 9.90 Å². The molecule has 7 heteroatoms. The molecule has 0 aliphatic carbocycles. The van der Waals surface area contributed by atoms with E-state index in [1.165, 1.54) is 6.20 Å². The molecule has 1 aliphatic heterocycles. The molecular weight excluding hydrogens is 286 g/mol. The van der Waals surface area contributed by atoms with E-state index < -0.39 is 5.97 Å². The number of fused-ring (bicyclic) bond motifs is 1. The molecule has 1 saturated heterocycles. The molecule has 2 aromatic rings. The van der Waals surface area contributed by atoms with Crippen LogP contribution >= 0.6 is 0 Å². The van der Waals surface area contributed by atoms with Crippen molar-refractivity contribution in [2.45, 2.75) is 38.7 Å². The van der Waals surface area contributed by atoms with Gasteiger partial charge in [0.2, 0.25) is 11.7 Å². The highest BCUT2D eigenvalue weighted by Gasteiger charge is 2.22. The number of carbonyl (C=O) groups is 1. The van der Waals surface area contributed by atoms with Gasteiger partial charge in [0.15, 0.2) is 0 Å². The van der Waals surface area contributed by atoms with E-state index in [4.69, 9.17) is 9.47 Å². The second-order valence-corrected chi connectivity index (χ2v) is 5.72. The molecule has 1 atom stereocenters. The minimum Gasteiger partial charge on any atom is -0.477 e. The fourth-order valence-corrected chi connectivity index (χ4v) is 2.56. The first kappa shape index (κ1) is 14.8. The van der Waals surface area contributed by atoms with Gasteiger partial charge in [0.05, 0.1) is 18.4 Å². The first-order valence-electron chi connectivity index (χ1n) is 7.42. The van der Waals surface area contributed by atoms with Crippen molar-refractivity contribution in [2.75, 3.05) is 13.2 Å². The Balaban J connectivity index is 2.01. The first-order valence-corrected chi connectivity index (χ1v) is 7.42. The molecule has 0 spiro atoms. The Morgan fingerprint density at radius 3 is 2.91 bits per heavy atom. The quantitative estimate of drug-likeness (QED) is 0.931. The van der Waals surface area contributed by atoms with Crippen LogP contribution in [0.1, 0.15) is 48.7 Å². The summed E-state index contributed by atoms with van der Waals surface area (Å²) in [6.45, 7) is 5.09. The average molecular weight is 305 g/mol. The normalized spacial score (nSPS) is 18.8. The molecular formula is C15H19N3O4. The molecule has 0 unspecified atom stereocenters. The second kappa shape index (κ2) is 5.92. The molecule has 0 bridgehead atoms. The van der Waals surface area contributed by atoms with Crippen LogP contribution in [0.2, 0.25) is 0 Å². The summed E-state index contributed by atoms with van der Waals surface area (Å²) in [5.41, 5.74) is 0.912. The van der Waals surface area contributed by atoms with Crippen LogP contribution in [0.15, 0.2) is 12.4 Å². The summed E-state index contributed by atoms with van der Waals surface area (Å²) in [6.07, 6.45) is 5.20. The van der Waals surface area contributed by atoms with Gasteiger partial charge in [0.25, 0.3) is 0 Å². The molecule has 1 N–H and O–H groups in total. The Morgan fingerprint density at radius 1 is 1.45 bits per heavy atom. The molecule has 118 valence electrons. The Morgan fingerprint density at radius 2 is 2.27 bits per heavy atom. The second-order valence-electron chi connectivity index (χ2n) is 5.72. The van der Waals surface area contributed by atoms with Crippen LogP contribution < -0.4 is 4.74 Å². The van der Waals surface area contributed by atoms with E-state index in [0.29, 0.717) is 12.4 Å². The van der Waals surface area contributed by atoms with E-state index >= 15 is 0 Å². The molecule has 0 radical (unpaired) electrons. The number of rotatable bonds is 4. The molecule has 2 aromatic heterocycles. The number of hydrogen-bond donors (Lipinski definition) is 1. The van der Waals surface area contributed by atoms with Gasteiger partial charge < -0.3 is 14.6 Å². The zero-order chi connectivity index (χ0) is 15.7. The standard InChI is InChI=1S/C15H19N3O4/c1-9(2)22-13-11(14(19)20)6-18-7-12(16-15(18)17-13)10-4-3-5-21-8-10/h6-7,9-10H,3-5,8H2,1-2H3,(H,19,20)/t10-/m0/s1. The van der Waals surface area contributed by atoms with Crippen molar-refractivity contribution in [2.24, 2.45) is 0 Å². The third kappa shape index (κ3) is 2.89. The van der Waals surface area contributed by atoms with Gasteiger partial charge in [-0.1, -0.05) is 0 Å². The molecule has 0 aromatic carbocycles. The fraction of sp³-hybridized carbons (Fsp3) is 0.533. The molecule has 0 saturated carbocycles. The molecule has 7 nitrogen and oxygen atoms in total. The Labute approximate surface area is 127 Å². The summed E-state index contributed by atoms with van der Waals surface area (Å²) in [4.78, 5) is 20.1. The molecule has 1 aliphatic rings. The monoisotopic (exact) mass is 305 g/mol. The fourth-order valence-electron chi connectivity index (χ4n) is 2.56. The van der Waals surface area contributed by atoms with Crippen LogP contribution in [0.25, 0.3) is 5.78 Å². The van der Waals surface area contributed by atoms with Gasteiger partial charge in [-0.3, -0.25) is 4.40 Å². The Hall–Kier alpha value is -2.15. The molecule has 22 heavy (non-hydrogen) atoms. The summed E-state index contributed by atoms with van der Waals surface area (Å²) in [7, 11) is 0. The first-order chi connectivity index (χ1) is 10.5. The van der Waals surface area contributed by atoms with Crippen molar-refractivity contribution >= 4 is 11.7 Å². The maximum absolute atomic E-state index is 11.4. The average Bonchev–Trinajstić information content (AvgIpc) is 2.89. The van der Waals surface area contributed by atoms with E-state index in [0.717, 1.165) is 25.1 Å². The molecule has 0 amide bonds. The van der Waals surface area contributed by atoms with Gasteiger partial charge in [0.1, 0.15) is 5.56 Å². The van der Waals surface area contributed by atoms with Crippen molar-refractivity contribution < 1.29 is 19.4 Å². The Bertz CT molecular complexity index is 689. The number of carboxylic acid groups (broad SMARTS) is 1. The number of aromatic nitrogens is 3. The van der Waals surface area contributed by atoms with E-state index in [2.05, 4.69) is 9.97 Å². The van der Waals surface area contributed by atoms with Crippen molar-refractivity contribution in [3.8, 4) is 5.88 Å².